The van der Waals surface area contributed by atoms with Crippen molar-refractivity contribution in [2.75, 3.05) is 13.1 Å². The van der Waals surface area contributed by atoms with Crippen molar-refractivity contribution in [3.63, 3.8) is 0 Å². The van der Waals surface area contributed by atoms with Crippen LogP contribution in [0.1, 0.15) is 41.5 Å². The van der Waals surface area contributed by atoms with E-state index in [0.717, 1.165) is 70.4 Å². The Kier molecular flexibility index (Phi) is 6.80. The van der Waals surface area contributed by atoms with Crippen LogP contribution in [-0.4, -0.2) is 47.4 Å². The largest absolute Gasteiger partial charge is 0.296 e. The van der Waals surface area contributed by atoms with E-state index in [-0.39, 0.29) is 0 Å². The number of likely N-dealkylation sites (tertiary alicyclic amines) is 1. The molecular weight excluding hydrogens is 506 g/mol. The van der Waals surface area contributed by atoms with Crippen molar-refractivity contribution < 1.29 is 0 Å². The van der Waals surface area contributed by atoms with E-state index >= 15 is 0 Å². The van der Waals surface area contributed by atoms with E-state index < -0.39 is 0 Å². The van der Waals surface area contributed by atoms with Crippen LogP contribution in [0.4, 0.5) is 0 Å². The highest BCUT2D eigenvalue weighted by Crippen LogP contribution is 2.38. The molecule has 9 nitrogen and oxygen atoms in total. The molecule has 0 saturated carbocycles. The molecule has 1 aliphatic rings. The van der Waals surface area contributed by atoms with Crippen LogP contribution in [0.5, 0.6) is 0 Å². The lowest BCUT2D eigenvalue weighted by Gasteiger charge is -2.32. The molecule has 0 atom stereocenters. The third kappa shape index (κ3) is 4.88. The number of rotatable bonds is 6. The summed E-state index contributed by atoms with van der Waals surface area (Å²) in [7, 11) is 0. The predicted octanol–water partition coefficient (Wildman–Crippen LogP) is 5.03. The van der Waals surface area contributed by atoms with E-state index in [2.05, 4.69) is 49.8 Å². The van der Waals surface area contributed by atoms with Crippen LogP contribution in [0.2, 0.25) is 0 Å². The smallest absolute Gasteiger partial charge is 0.142 e. The summed E-state index contributed by atoms with van der Waals surface area (Å²) in [6.45, 7) is 4.80. The zero-order valence-corrected chi connectivity index (χ0v) is 22.2. The second-order valence-corrected chi connectivity index (χ2v) is 10.6. The molecule has 0 aliphatic carbocycles. The van der Waals surface area contributed by atoms with Gasteiger partial charge in [-0.25, -0.2) is 14.5 Å². The van der Waals surface area contributed by atoms with E-state index in [9.17, 15) is 10.5 Å². The van der Waals surface area contributed by atoms with Crippen molar-refractivity contribution >= 4 is 17.3 Å². The van der Waals surface area contributed by atoms with Crippen molar-refractivity contribution in [2.45, 2.75) is 42.1 Å². The minimum Gasteiger partial charge on any atom is -0.296 e. The normalized spacial score (nSPS) is 14.3. The maximum absolute atomic E-state index is 9.71. The lowest BCUT2D eigenvalue weighted by atomic mass is 10.0. The Morgan fingerprint density at radius 2 is 1.72 bits per heavy atom. The van der Waals surface area contributed by atoms with Gasteiger partial charge in [0.2, 0.25) is 0 Å². The summed E-state index contributed by atoms with van der Waals surface area (Å²) >= 11 is 1.48. The number of hydrogen-bond acceptors (Lipinski definition) is 8. The first-order chi connectivity index (χ1) is 19.1. The summed E-state index contributed by atoms with van der Waals surface area (Å²) in [5.74, 6) is 0.855. The summed E-state index contributed by atoms with van der Waals surface area (Å²) in [4.78, 5) is 12.8. The molecule has 0 amide bonds. The Bertz CT molecular complexity index is 1720. The maximum atomic E-state index is 9.71. The van der Waals surface area contributed by atoms with Crippen LogP contribution in [0.3, 0.4) is 0 Å². The van der Waals surface area contributed by atoms with Crippen LogP contribution in [-0.2, 0) is 6.54 Å². The Hall–Kier alpha value is -4.51. The number of nitriles is 2. The number of fused-ring (bicyclic) bond motifs is 1. The molecule has 1 aliphatic heterocycles. The second-order valence-electron chi connectivity index (χ2n) is 9.53. The Labute approximate surface area is 230 Å². The van der Waals surface area contributed by atoms with Gasteiger partial charge in [-0.15, -0.1) is 0 Å². The molecule has 0 spiro atoms. The van der Waals surface area contributed by atoms with Crippen LogP contribution in [0, 0.1) is 29.6 Å². The van der Waals surface area contributed by atoms with Gasteiger partial charge in [0, 0.05) is 58.3 Å². The lowest BCUT2D eigenvalue weighted by molar-refractivity contribution is 0.169. The van der Waals surface area contributed by atoms with Crippen molar-refractivity contribution in [3.8, 4) is 23.3 Å². The van der Waals surface area contributed by atoms with Gasteiger partial charge in [-0.2, -0.15) is 20.7 Å². The molecular formula is C29H25N9S. The van der Waals surface area contributed by atoms with Crippen molar-refractivity contribution in [1.82, 2.24) is 34.3 Å². The fourth-order valence-electron chi connectivity index (χ4n) is 5.17. The average Bonchev–Trinajstić information content (AvgIpc) is 3.57. The zero-order chi connectivity index (χ0) is 26.8. The number of aromatic nitrogens is 6. The van der Waals surface area contributed by atoms with Gasteiger partial charge in [-0.3, -0.25) is 9.58 Å². The summed E-state index contributed by atoms with van der Waals surface area (Å²) in [6, 6.07) is 16.3. The highest BCUT2D eigenvalue weighted by atomic mass is 32.2. The molecule has 1 fully saturated rings. The maximum Gasteiger partial charge on any atom is 0.142 e. The van der Waals surface area contributed by atoms with Gasteiger partial charge >= 0.3 is 0 Å². The SMILES string of the molecule is Cc1c(-c2cc(Sc3ccccc3C#N)c3c(C#N)cnn3c2)cnn1C1CCN(Cc2ncccn2)CC1. The van der Waals surface area contributed by atoms with Crippen LogP contribution in [0.25, 0.3) is 16.6 Å². The van der Waals surface area contributed by atoms with Crippen molar-refractivity contribution in [3.05, 3.63) is 90.0 Å². The highest BCUT2D eigenvalue weighted by Gasteiger charge is 2.24. The standard InChI is InChI=1S/C29H25N9S/c1-20-25(17-35-38(20)24-7-11-36(12-8-24)19-28-32-9-4-10-33-28)22-13-27(29-23(15-31)16-34-37(29)18-22)39-26-6-3-2-5-21(26)14-30/h2-6,9-10,13,16-18,24H,7-8,11-12,19H2,1H3. The molecule has 1 saturated heterocycles. The van der Waals surface area contributed by atoms with E-state index in [0.29, 0.717) is 17.2 Å². The van der Waals surface area contributed by atoms with Crippen LogP contribution < -0.4 is 0 Å². The first-order valence-electron chi connectivity index (χ1n) is 12.8. The van der Waals surface area contributed by atoms with E-state index in [1.165, 1.54) is 11.8 Å². The number of benzene rings is 1. The second kappa shape index (κ2) is 10.7. The van der Waals surface area contributed by atoms with Crippen LogP contribution >= 0.6 is 11.8 Å². The predicted molar refractivity (Wildman–Crippen MR) is 147 cm³/mol. The van der Waals surface area contributed by atoms with Gasteiger partial charge in [0.1, 0.15) is 18.0 Å². The Morgan fingerprint density at radius 1 is 0.949 bits per heavy atom. The topological polar surface area (TPSA) is 112 Å². The first kappa shape index (κ1) is 24.8. The first-order valence-corrected chi connectivity index (χ1v) is 13.6. The molecule has 0 unspecified atom stereocenters. The molecule has 10 heteroatoms. The number of hydrogen-bond donors (Lipinski definition) is 0. The van der Waals surface area contributed by atoms with Crippen molar-refractivity contribution in [1.29, 1.82) is 10.5 Å². The molecule has 4 aromatic heterocycles. The quantitative estimate of drug-likeness (QED) is 0.300. The monoisotopic (exact) mass is 531 g/mol. The van der Waals surface area contributed by atoms with Gasteiger partial charge in [0.15, 0.2) is 0 Å². The zero-order valence-electron chi connectivity index (χ0n) is 21.4. The van der Waals surface area contributed by atoms with E-state index in [1.54, 1.807) is 29.2 Å². The minimum atomic E-state index is 0.321. The molecule has 0 radical (unpaired) electrons. The molecule has 6 rings (SSSR count). The van der Waals surface area contributed by atoms with Crippen LogP contribution in [0.15, 0.2) is 77.2 Å². The number of pyridine rings is 1. The summed E-state index contributed by atoms with van der Waals surface area (Å²) in [5.41, 5.74) is 4.92. The fraction of sp³-hybridized carbons (Fsp3) is 0.241. The van der Waals surface area contributed by atoms with Gasteiger partial charge < -0.3 is 0 Å². The lowest BCUT2D eigenvalue weighted by Crippen LogP contribution is -2.35. The molecule has 0 N–H and O–H groups in total. The third-order valence-electron chi connectivity index (χ3n) is 7.17. The molecule has 5 aromatic rings. The van der Waals surface area contributed by atoms with E-state index in [4.69, 9.17) is 5.10 Å². The molecule has 0 bridgehead atoms. The van der Waals surface area contributed by atoms with Gasteiger partial charge in [0.05, 0.1) is 41.6 Å². The molecule has 192 valence electrons. The molecule has 5 heterocycles. The van der Waals surface area contributed by atoms with Crippen molar-refractivity contribution in [2.24, 2.45) is 0 Å². The summed E-state index contributed by atoms with van der Waals surface area (Å²) < 4.78 is 3.91. The summed E-state index contributed by atoms with van der Waals surface area (Å²) in [5, 5.41) is 28.6. The Balaban J connectivity index is 1.28. The third-order valence-corrected chi connectivity index (χ3v) is 8.27. The number of piperidine rings is 1. The number of nitrogens with zero attached hydrogens (tertiary/aromatic N) is 9. The van der Waals surface area contributed by atoms with Gasteiger partial charge in [-0.05, 0) is 44.0 Å². The fourth-order valence-corrected chi connectivity index (χ4v) is 6.26. The van der Waals surface area contributed by atoms with Gasteiger partial charge in [0.25, 0.3) is 0 Å². The Morgan fingerprint density at radius 3 is 2.49 bits per heavy atom. The average molecular weight is 532 g/mol. The molecule has 1 aromatic carbocycles. The van der Waals surface area contributed by atoms with E-state index in [1.807, 2.05) is 36.7 Å². The summed E-state index contributed by atoms with van der Waals surface area (Å²) in [6.07, 6.45) is 11.1. The van der Waals surface area contributed by atoms with Gasteiger partial charge in [-0.1, -0.05) is 23.9 Å². The highest BCUT2D eigenvalue weighted by molar-refractivity contribution is 7.99. The minimum absolute atomic E-state index is 0.321. The molecule has 39 heavy (non-hydrogen) atoms.